The molecule has 6 fully saturated rings. The van der Waals surface area contributed by atoms with E-state index in [9.17, 15) is 0 Å². The quantitative estimate of drug-likeness (QED) is 0.159. The van der Waals surface area contributed by atoms with Crippen LogP contribution in [0.4, 0.5) is 0 Å². The molecule has 0 N–H and O–H groups in total. The summed E-state index contributed by atoms with van der Waals surface area (Å²) in [6, 6.07) is 56.7. The van der Waals surface area contributed by atoms with Gasteiger partial charge in [0.15, 0.2) is 0 Å². The van der Waals surface area contributed by atoms with Crippen LogP contribution in [0.3, 0.4) is 0 Å². The fraction of sp³-hybridized carbons (Fsp3) is 0.368. The lowest BCUT2D eigenvalue weighted by molar-refractivity contribution is -0.163. The molecule has 6 saturated carbocycles. The second-order valence-electron chi connectivity index (χ2n) is 20.6. The van der Waals surface area contributed by atoms with Gasteiger partial charge in [0.25, 0.3) is 0 Å². The Morgan fingerprint density at radius 3 is 1.19 bits per heavy atom. The number of hydrogen-bond donors (Lipinski definition) is 0. The average Bonchev–Trinajstić information content (AvgIpc) is 3.55. The van der Waals surface area contributed by atoms with Crippen molar-refractivity contribution in [2.75, 3.05) is 0 Å². The van der Waals surface area contributed by atoms with Crippen LogP contribution in [-0.2, 0) is 5.41 Å². The predicted octanol–water partition coefficient (Wildman–Crippen LogP) is 15.2. The number of fused-ring (bicyclic) bond motifs is 7. The van der Waals surface area contributed by atoms with E-state index in [2.05, 4.69) is 187 Å². The monoisotopic (exact) mass is 742 g/mol. The summed E-state index contributed by atoms with van der Waals surface area (Å²) in [4.78, 5) is 0. The highest BCUT2D eigenvalue weighted by molar-refractivity contribution is 5.87. The Kier molecular flexibility index (Phi) is 7.58. The van der Waals surface area contributed by atoms with Crippen LogP contribution in [-0.4, -0.2) is 0 Å². The summed E-state index contributed by atoms with van der Waals surface area (Å²) < 4.78 is 0. The van der Waals surface area contributed by atoms with Crippen molar-refractivity contribution in [3.05, 3.63) is 179 Å². The molecule has 0 aliphatic heterocycles. The van der Waals surface area contributed by atoms with E-state index in [-0.39, 0.29) is 0 Å². The van der Waals surface area contributed by atoms with Crippen molar-refractivity contribution < 1.29 is 0 Å². The van der Waals surface area contributed by atoms with Gasteiger partial charge in [0.1, 0.15) is 0 Å². The molecule has 286 valence electrons. The third-order valence-electron chi connectivity index (χ3n) is 18.3. The van der Waals surface area contributed by atoms with Crippen LogP contribution >= 0.6 is 0 Å². The number of hydrogen-bond acceptors (Lipinski definition) is 0. The molecular formula is C57H58. The van der Waals surface area contributed by atoms with Crippen LogP contribution in [0.25, 0.3) is 33.4 Å². The van der Waals surface area contributed by atoms with Gasteiger partial charge in [0.2, 0.25) is 0 Å². The third kappa shape index (κ3) is 4.68. The Bertz CT molecular complexity index is 2350. The van der Waals surface area contributed by atoms with E-state index in [1.54, 1.807) is 0 Å². The first-order chi connectivity index (χ1) is 27.5. The van der Waals surface area contributed by atoms with Gasteiger partial charge in [-0.2, -0.15) is 0 Å². The first kappa shape index (κ1) is 35.5. The summed E-state index contributed by atoms with van der Waals surface area (Å²) >= 11 is 0. The highest BCUT2D eigenvalue weighted by Crippen LogP contribution is 2.73. The molecule has 7 aliphatic rings. The lowest BCUT2D eigenvalue weighted by Gasteiger charge is -2.68. The van der Waals surface area contributed by atoms with E-state index in [4.69, 9.17) is 0 Å². The minimum Gasteiger partial charge on any atom is -0.0619 e. The maximum Gasteiger partial charge on any atom is 0.0713 e. The van der Waals surface area contributed by atoms with Crippen LogP contribution in [0.15, 0.2) is 146 Å². The molecule has 6 aromatic carbocycles. The molecule has 0 spiro atoms. The first-order valence-electron chi connectivity index (χ1n) is 22.1. The zero-order valence-corrected chi connectivity index (χ0v) is 34.9. The molecule has 0 aromatic heterocycles. The third-order valence-corrected chi connectivity index (χ3v) is 18.3. The molecule has 0 radical (unpaired) electrons. The van der Waals surface area contributed by atoms with Crippen LogP contribution in [0.1, 0.15) is 125 Å². The zero-order chi connectivity index (χ0) is 39.0. The van der Waals surface area contributed by atoms with Gasteiger partial charge in [-0.25, -0.2) is 0 Å². The van der Waals surface area contributed by atoms with Gasteiger partial charge in [-0.05, 0) is 163 Å². The summed E-state index contributed by atoms with van der Waals surface area (Å²) in [5.74, 6) is 3.08. The number of benzene rings is 6. The van der Waals surface area contributed by atoms with Crippen LogP contribution in [0.2, 0.25) is 0 Å². The summed E-state index contributed by atoms with van der Waals surface area (Å²) in [5.41, 5.74) is 17.4. The number of rotatable bonds is 6. The molecule has 6 atom stereocenters. The molecular weight excluding hydrogens is 685 g/mol. The minimum atomic E-state index is -0.453. The predicted molar refractivity (Wildman–Crippen MR) is 239 cm³/mol. The molecule has 7 aliphatic carbocycles. The zero-order valence-electron chi connectivity index (χ0n) is 34.9. The van der Waals surface area contributed by atoms with Crippen LogP contribution < -0.4 is 0 Å². The van der Waals surface area contributed by atoms with Gasteiger partial charge in [0, 0.05) is 0 Å². The highest BCUT2D eigenvalue weighted by atomic mass is 14.7. The van der Waals surface area contributed by atoms with Crippen molar-refractivity contribution in [3.63, 3.8) is 0 Å². The van der Waals surface area contributed by atoms with Gasteiger partial charge in [0.05, 0.1) is 5.41 Å². The fourth-order valence-electron chi connectivity index (χ4n) is 14.0. The van der Waals surface area contributed by atoms with Gasteiger partial charge in [-0.3, -0.25) is 0 Å². The van der Waals surface area contributed by atoms with E-state index in [0.717, 1.165) is 11.8 Å². The largest absolute Gasteiger partial charge is 0.0713 e. The second kappa shape index (κ2) is 12.2. The minimum absolute atomic E-state index is 0.398. The Morgan fingerprint density at radius 2 is 0.789 bits per heavy atom. The summed E-state index contributed by atoms with van der Waals surface area (Å²) in [6.07, 6.45) is 8.14. The van der Waals surface area contributed by atoms with Gasteiger partial charge < -0.3 is 0 Å². The Hall–Kier alpha value is -4.68. The molecule has 0 heteroatoms. The summed E-state index contributed by atoms with van der Waals surface area (Å²) in [7, 11) is 0. The van der Waals surface area contributed by atoms with Gasteiger partial charge >= 0.3 is 0 Å². The average molecular weight is 743 g/mol. The highest BCUT2D eigenvalue weighted by Gasteiger charge is 2.64. The van der Waals surface area contributed by atoms with Crippen LogP contribution in [0, 0.1) is 33.5 Å². The first-order valence-corrected chi connectivity index (χ1v) is 22.1. The second-order valence-corrected chi connectivity index (χ2v) is 20.6. The molecule has 13 rings (SSSR count). The standard InChI is InChI=1S/C57H58/c1-53(2)45-29-31-49(55(53,5)35-45)39-25-21-37(22-26-39)41-13-11-15-43(33-41)57(51-19-9-7-17-47(51)48-18-8-10-20-52(48)57)44-16-12-14-42(34-44)38-23-27-40(28-24-38)50-32-30-46-36-56(50,6)54(46,3)4/h7-28,33-34,45-46,49-50H,29-32,35-36H2,1-6H3/t45-,46+,49?,50?,55?,56?. The lowest BCUT2D eigenvalue weighted by atomic mass is 9.37. The van der Waals surface area contributed by atoms with Crippen molar-refractivity contribution >= 4 is 0 Å². The van der Waals surface area contributed by atoms with E-state index in [1.807, 2.05) is 0 Å². The Balaban J connectivity index is 0.999. The van der Waals surface area contributed by atoms with Crippen LogP contribution in [0.5, 0.6) is 0 Å². The van der Waals surface area contributed by atoms with Crippen molar-refractivity contribution in [1.29, 1.82) is 0 Å². The van der Waals surface area contributed by atoms with Crippen molar-refractivity contribution in [2.24, 2.45) is 33.5 Å². The molecule has 4 unspecified atom stereocenters. The summed E-state index contributed by atoms with van der Waals surface area (Å²) in [5, 5.41) is 0. The SMILES string of the molecule is CC12C[C@@H](CCC1c1ccc(-c3cccc(C4(c5cccc(-c6ccc(C7CC[C@H]8CC7(C)C8(C)C)cc6)c5)c5ccccc5-c5ccccc54)c3)cc1)C2(C)C. The molecule has 0 saturated heterocycles. The topological polar surface area (TPSA) is 0 Å². The van der Waals surface area contributed by atoms with Gasteiger partial charge in [-0.1, -0.05) is 175 Å². The van der Waals surface area contributed by atoms with Gasteiger partial charge in [-0.15, -0.1) is 0 Å². The molecule has 0 amide bonds. The molecule has 57 heavy (non-hydrogen) atoms. The summed E-state index contributed by atoms with van der Waals surface area (Å²) in [6.45, 7) is 15.2. The van der Waals surface area contributed by atoms with E-state index < -0.39 is 5.41 Å². The van der Waals surface area contributed by atoms with E-state index >= 15 is 0 Å². The van der Waals surface area contributed by atoms with Crippen molar-refractivity contribution in [2.45, 2.75) is 97.3 Å². The van der Waals surface area contributed by atoms with Crippen molar-refractivity contribution in [3.8, 4) is 33.4 Å². The maximum absolute atomic E-state index is 2.56. The Morgan fingerprint density at radius 1 is 0.386 bits per heavy atom. The fourth-order valence-corrected chi connectivity index (χ4v) is 14.0. The molecule has 0 heterocycles. The smallest absolute Gasteiger partial charge is 0.0619 e. The molecule has 4 bridgehead atoms. The normalized spacial score (nSPS) is 29.4. The van der Waals surface area contributed by atoms with Crippen molar-refractivity contribution in [1.82, 2.24) is 0 Å². The van der Waals surface area contributed by atoms with E-state index in [1.165, 1.54) is 105 Å². The Labute approximate surface area is 341 Å². The maximum atomic E-state index is 2.56. The lowest BCUT2D eigenvalue weighted by Crippen LogP contribution is -2.59. The molecule has 0 nitrogen and oxygen atoms in total. The molecule has 6 aromatic rings. The van der Waals surface area contributed by atoms with E-state index in [0.29, 0.717) is 33.5 Å².